The van der Waals surface area contributed by atoms with Gasteiger partial charge in [-0.2, -0.15) is 0 Å². The molecule has 0 saturated carbocycles. The number of aryl methyl sites for hydroxylation is 1. The molecule has 1 heterocycles. The molecular weight excluding hydrogens is 242 g/mol. The maximum absolute atomic E-state index is 12.0. The van der Waals surface area contributed by atoms with Crippen molar-refractivity contribution in [1.29, 1.82) is 0 Å². The van der Waals surface area contributed by atoms with Gasteiger partial charge in [-0.05, 0) is 30.7 Å². The molecule has 0 aliphatic heterocycles. The Morgan fingerprint density at radius 2 is 2.12 bits per heavy atom. The second-order valence-electron chi connectivity index (χ2n) is 3.60. The van der Waals surface area contributed by atoms with E-state index in [0.29, 0.717) is 5.69 Å². The summed E-state index contributed by atoms with van der Waals surface area (Å²) in [6.07, 6.45) is 2.48. The van der Waals surface area contributed by atoms with Crippen molar-refractivity contribution in [2.45, 2.75) is 11.8 Å². The van der Waals surface area contributed by atoms with E-state index in [0.717, 1.165) is 5.56 Å². The van der Waals surface area contributed by atoms with Crippen LogP contribution >= 0.6 is 0 Å². The monoisotopic (exact) mass is 253 g/mol. The summed E-state index contributed by atoms with van der Waals surface area (Å²) in [6, 6.07) is 4.62. The lowest BCUT2D eigenvalue weighted by Gasteiger charge is -2.07. The third-order valence-corrected chi connectivity index (χ3v) is 3.43. The van der Waals surface area contributed by atoms with Crippen molar-refractivity contribution >= 4 is 21.4 Å². The van der Waals surface area contributed by atoms with Crippen molar-refractivity contribution in [2.75, 3.05) is 10.5 Å². The fourth-order valence-corrected chi connectivity index (χ4v) is 2.56. The average molecular weight is 253 g/mol. The highest BCUT2D eigenvalue weighted by molar-refractivity contribution is 7.92. The number of anilines is 2. The van der Waals surface area contributed by atoms with Crippen molar-refractivity contribution in [3.63, 3.8) is 0 Å². The van der Waals surface area contributed by atoms with Gasteiger partial charge in [0.1, 0.15) is 12.0 Å². The van der Waals surface area contributed by atoms with E-state index >= 15 is 0 Å². The molecule has 2 rings (SSSR count). The maximum atomic E-state index is 12.0. The lowest BCUT2D eigenvalue weighted by atomic mass is 10.2. The lowest BCUT2D eigenvalue weighted by molar-refractivity contribution is 0.420. The molecule has 0 spiro atoms. The molecule has 3 N–H and O–H groups in total. The molecule has 0 atom stereocenters. The van der Waals surface area contributed by atoms with Crippen LogP contribution in [0.3, 0.4) is 0 Å². The van der Waals surface area contributed by atoms with Crippen LogP contribution in [-0.4, -0.2) is 13.6 Å². The number of hydrogen-bond donors (Lipinski definition) is 2. The summed E-state index contributed by atoms with van der Waals surface area (Å²) in [5.74, 6) is 0. The Labute approximate surface area is 98.5 Å². The standard InChI is InChI=1S/C10H11N3O3S/c1-7-2-8(11)4-10(3-7)17(14,15)13-9-5-12-16-6-9/h2-6,13H,11H2,1H3. The Kier molecular flexibility index (Phi) is 2.76. The first-order valence-electron chi connectivity index (χ1n) is 4.77. The van der Waals surface area contributed by atoms with E-state index in [-0.39, 0.29) is 10.6 Å². The number of rotatable bonds is 3. The first-order chi connectivity index (χ1) is 7.97. The number of sulfonamides is 1. The van der Waals surface area contributed by atoms with Crippen LogP contribution in [-0.2, 0) is 10.0 Å². The molecule has 0 fully saturated rings. The fraction of sp³-hybridized carbons (Fsp3) is 0.100. The SMILES string of the molecule is Cc1cc(N)cc(S(=O)(=O)Nc2cnoc2)c1. The van der Waals surface area contributed by atoms with Gasteiger partial charge in [0.15, 0.2) is 0 Å². The molecule has 1 aromatic carbocycles. The van der Waals surface area contributed by atoms with Crippen molar-refractivity contribution in [3.05, 3.63) is 36.2 Å². The zero-order chi connectivity index (χ0) is 12.5. The Morgan fingerprint density at radius 1 is 1.35 bits per heavy atom. The summed E-state index contributed by atoms with van der Waals surface area (Å²) in [4.78, 5) is 0.108. The number of aromatic nitrogens is 1. The molecular formula is C10H11N3O3S. The summed E-state index contributed by atoms with van der Waals surface area (Å²) >= 11 is 0. The number of nitrogen functional groups attached to an aromatic ring is 1. The van der Waals surface area contributed by atoms with Crippen LogP contribution in [0.15, 0.2) is 40.1 Å². The number of nitrogens with zero attached hydrogens (tertiary/aromatic N) is 1. The Balaban J connectivity index is 2.38. The number of benzene rings is 1. The van der Waals surface area contributed by atoms with E-state index in [1.54, 1.807) is 13.0 Å². The van der Waals surface area contributed by atoms with E-state index in [9.17, 15) is 8.42 Å². The van der Waals surface area contributed by atoms with Gasteiger partial charge in [-0.15, -0.1) is 0 Å². The molecule has 1 aromatic heterocycles. The predicted molar refractivity (Wildman–Crippen MR) is 62.9 cm³/mol. The largest absolute Gasteiger partial charge is 0.399 e. The van der Waals surface area contributed by atoms with E-state index < -0.39 is 10.0 Å². The summed E-state index contributed by atoms with van der Waals surface area (Å²) in [5.41, 5.74) is 7.05. The van der Waals surface area contributed by atoms with Crippen LogP contribution in [0.25, 0.3) is 0 Å². The quantitative estimate of drug-likeness (QED) is 0.805. The lowest BCUT2D eigenvalue weighted by Crippen LogP contribution is -2.13. The number of hydrogen-bond acceptors (Lipinski definition) is 5. The highest BCUT2D eigenvalue weighted by atomic mass is 32.2. The van der Waals surface area contributed by atoms with Crippen molar-refractivity contribution in [1.82, 2.24) is 5.16 Å². The highest BCUT2D eigenvalue weighted by Gasteiger charge is 2.15. The molecule has 2 aromatic rings. The van der Waals surface area contributed by atoms with Crippen molar-refractivity contribution < 1.29 is 12.9 Å². The van der Waals surface area contributed by atoms with Crippen LogP contribution in [0, 0.1) is 6.92 Å². The van der Waals surface area contributed by atoms with E-state index in [2.05, 4.69) is 14.4 Å². The summed E-state index contributed by atoms with van der Waals surface area (Å²) in [6.45, 7) is 1.77. The van der Waals surface area contributed by atoms with Gasteiger partial charge in [0.05, 0.1) is 11.1 Å². The smallest absolute Gasteiger partial charge is 0.262 e. The zero-order valence-electron chi connectivity index (χ0n) is 9.04. The zero-order valence-corrected chi connectivity index (χ0v) is 9.86. The Bertz CT molecular complexity index is 600. The van der Waals surface area contributed by atoms with Gasteiger partial charge >= 0.3 is 0 Å². The van der Waals surface area contributed by atoms with Gasteiger partial charge in [-0.25, -0.2) is 8.42 Å². The molecule has 0 amide bonds. The third-order valence-electron chi connectivity index (χ3n) is 2.07. The Morgan fingerprint density at radius 3 is 2.71 bits per heavy atom. The van der Waals surface area contributed by atoms with Gasteiger partial charge in [0.2, 0.25) is 0 Å². The molecule has 0 unspecified atom stereocenters. The molecule has 90 valence electrons. The highest BCUT2D eigenvalue weighted by Crippen LogP contribution is 2.19. The van der Waals surface area contributed by atoms with Crippen molar-refractivity contribution in [2.24, 2.45) is 0 Å². The Hall–Kier alpha value is -2.02. The molecule has 0 bridgehead atoms. The molecule has 0 saturated heterocycles. The normalized spacial score (nSPS) is 11.4. The van der Waals surface area contributed by atoms with Crippen LogP contribution in [0.1, 0.15) is 5.56 Å². The van der Waals surface area contributed by atoms with E-state index in [1.165, 1.54) is 24.6 Å². The third kappa shape index (κ3) is 2.56. The van der Waals surface area contributed by atoms with Gasteiger partial charge < -0.3 is 10.3 Å². The predicted octanol–water partition coefficient (Wildman–Crippen LogP) is 1.37. The minimum Gasteiger partial charge on any atom is -0.399 e. The van der Waals surface area contributed by atoms with Crippen molar-refractivity contribution in [3.8, 4) is 0 Å². The van der Waals surface area contributed by atoms with E-state index in [1.807, 2.05) is 0 Å². The van der Waals surface area contributed by atoms with Gasteiger partial charge in [-0.1, -0.05) is 5.16 Å². The average Bonchev–Trinajstić information content (AvgIpc) is 2.68. The molecule has 0 aliphatic rings. The van der Waals surface area contributed by atoms with Crippen LogP contribution in [0.5, 0.6) is 0 Å². The minimum atomic E-state index is -3.66. The summed E-state index contributed by atoms with van der Waals surface area (Å²) < 4.78 is 30.8. The van der Waals surface area contributed by atoms with E-state index in [4.69, 9.17) is 5.73 Å². The molecule has 0 radical (unpaired) electrons. The van der Waals surface area contributed by atoms with Gasteiger partial charge in [0.25, 0.3) is 10.0 Å². The first kappa shape index (κ1) is 11.5. The second kappa shape index (κ2) is 4.10. The second-order valence-corrected chi connectivity index (χ2v) is 5.28. The van der Waals surface area contributed by atoms with Gasteiger partial charge in [0, 0.05) is 5.69 Å². The fourth-order valence-electron chi connectivity index (χ4n) is 1.40. The summed E-state index contributed by atoms with van der Waals surface area (Å²) in [5, 5.41) is 3.41. The maximum Gasteiger partial charge on any atom is 0.262 e. The van der Waals surface area contributed by atoms with Crippen LogP contribution in [0.2, 0.25) is 0 Å². The topological polar surface area (TPSA) is 98.2 Å². The minimum absolute atomic E-state index is 0.108. The molecule has 7 heteroatoms. The van der Waals surface area contributed by atoms with Crippen LogP contribution in [0.4, 0.5) is 11.4 Å². The summed E-state index contributed by atoms with van der Waals surface area (Å²) in [7, 11) is -3.66. The number of nitrogens with two attached hydrogens (primary N) is 1. The molecule has 17 heavy (non-hydrogen) atoms. The molecule has 0 aliphatic carbocycles. The number of nitrogens with one attached hydrogen (secondary N) is 1. The van der Waals surface area contributed by atoms with Gasteiger partial charge in [-0.3, -0.25) is 4.72 Å². The van der Waals surface area contributed by atoms with Crippen LogP contribution < -0.4 is 10.5 Å². The first-order valence-corrected chi connectivity index (χ1v) is 6.25. The molecule has 6 nitrogen and oxygen atoms in total.